The highest BCUT2D eigenvalue weighted by molar-refractivity contribution is 5.98. The van der Waals surface area contributed by atoms with Gasteiger partial charge in [-0.15, -0.1) is 0 Å². The summed E-state index contributed by atoms with van der Waals surface area (Å²) in [7, 11) is 1.69. The summed E-state index contributed by atoms with van der Waals surface area (Å²) in [4.78, 5) is 58.0. The van der Waals surface area contributed by atoms with Crippen LogP contribution in [-0.2, 0) is 41.5 Å². The second-order valence-electron chi connectivity index (χ2n) is 13.9. The third-order valence-electron chi connectivity index (χ3n) is 9.45. The van der Waals surface area contributed by atoms with Crippen molar-refractivity contribution in [3.8, 4) is 0 Å². The molecule has 0 unspecified atom stereocenters. The number of epoxide rings is 1. The smallest absolute Gasteiger partial charge is 0.243 e. The lowest BCUT2D eigenvalue weighted by atomic mass is 9.83. The first-order valence-electron chi connectivity index (χ1n) is 17.3. The van der Waals surface area contributed by atoms with Gasteiger partial charge in [0, 0.05) is 18.4 Å². The van der Waals surface area contributed by atoms with Crippen molar-refractivity contribution in [2.45, 2.75) is 108 Å². The zero-order valence-electron chi connectivity index (χ0n) is 29.0. The quantitative estimate of drug-likeness (QED) is 0.0901. The molecule has 264 valence electrons. The fraction of sp³-hybridized carbons (Fsp3) is 0.568. The molecule has 3 N–H and O–H groups in total. The minimum Gasteiger partial charge on any atom is -0.381 e. The first kappa shape index (κ1) is 37.6. The summed E-state index contributed by atoms with van der Waals surface area (Å²) in [6, 6.07) is 14.6. The van der Waals surface area contributed by atoms with E-state index in [-0.39, 0.29) is 36.6 Å². The molecule has 1 aliphatic heterocycles. The van der Waals surface area contributed by atoms with Crippen molar-refractivity contribution < 1.29 is 28.7 Å². The van der Waals surface area contributed by atoms with E-state index in [4.69, 9.17) is 9.47 Å². The van der Waals surface area contributed by atoms with Crippen LogP contribution >= 0.6 is 0 Å². The van der Waals surface area contributed by atoms with Crippen molar-refractivity contribution in [3.05, 3.63) is 82.2 Å². The van der Waals surface area contributed by atoms with Crippen molar-refractivity contribution in [2.75, 3.05) is 13.7 Å². The predicted octanol–water partition coefficient (Wildman–Crippen LogP) is 4.60. The summed E-state index contributed by atoms with van der Waals surface area (Å²) in [6.45, 7) is 5.96. The van der Waals surface area contributed by atoms with Crippen molar-refractivity contribution in [3.63, 3.8) is 0 Å². The number of carbonyl (C=O) groups is 4. The molecule has 1 aliphatic carbocycles. The van der Waals surface area contributed by atoms with Gasteiger partial charge in [0.15, 0.2) is 5.78 Å². The van der Waals surface area contributed by atoms with Gasteiger partial charge in [-0.1, -0.05) is 79.6 Å². The molecule has 49 heavy (non-hydrogen) atoms. The monoisotopic (exact) mass is 674 g/mol. The van der Waals surface area contributed by atoms with E-state index in [2.05, 4.69) is 26.0 Å². The Balaban J connectivity index is 1.57. The van der Waals surface area contributed by atoms with E-state index in [1.165, 1.54) is 0 Å². The molecule has 1 heterocycles. The van der Waals surface area contributed by atoms with Gasteiger partial charge in [0.2, 0.25) is 17.7 Å². The van der Waals surface area contributed by atoms with Crippen LogP contribution in [0.25, 0.3) is 10.4 Å². The molecule has 12 heteroatoms. The molecule has 12 nitrogen and oxygen atoms in total. The van der Waals surface area contributed by atoms with Gasteiger partial charge in [-0.25, -0.2) is 0 Å². The minimum atomic E-state index is -1.08. The molecule has 0 aromatic heterocycles. The summed E-state index contributed by atoms with van der Waals surface area (Å²) in [5.74, 6) is -1.55. The molecule has 0 spiro atoms. The molecule has 0 bridgehead atoms. The molecule has 2 aliphatic rings. The first-order valence-corrected chi connectivity index (χ1v) is 17.3. The molecular weight excluding hydrogens is 624 g/mol. The molecule has 0 radical (unpaired) electrons. The molecule has 1 saturated heterocycles. The number of azide groups is 1. The van der Waals surface area contributed by atoms with Crippen LogP contribution in [0, 0.1) is 11.8 Å². The van der Waals surface area contributed by atoms with Crippen LogP contribution in [-0.4, -0.2) is 73.1 Å². The van der Waals surface area contributed by atoms with E-state index in [1.807, 2.05) is 74.5 Å². The number of Topliss-reactive ketones (excluding diaryl/α,β-unsaturated/α-hetero) is 1. The molecule has 4 rings (SSSR count). The molecule has 1 saturated carbocycles. The van der Waals surface area contributed by atoms with Crippen molar-refractivity contribution in [2.24, 2.45) is 17.0 Å². The first-order chi connectivity index (χ1) is 23.5. The lowest BCUT2D eigenvalue weighted by Gasteiger charge is -2.31. The van der Waals surface area contributed by atoms with Gasteiger partial charge in [0.25, 0.3) is 0 Å². The second-order valence-corrected chi connectivity index (χ2v) is 13.9. The minimum absolute atomic E-state index is 0.117. The van der Waals surface area contributed by atoms with Crippen LogP contribution in [0.3, 0.4) is 0 Å². The van der Waals surface area contributed by atoms with Gasteiger partial charge in [-0.2, -0.15) is 0 Å². The Kier molecular flexibility index (Phi) is 13.8. The highest BCUT2D eigenvalue weighted by Crippen LogP contribution is 2.31. The maximum absolute atomic E-state index is 14.2. The molecule has 3 amide bonds. The highest BCUT2D eigenvalue weighted by Gasteiger charge is 2.50. The molecular formula is C37H50N6O6. The number of benzene rings is 2. The van der Waals surface area contributed by atoms with Crippen LogP contribution < -0.4 is 16.0 Å². The van der Waals surface area contributed by atoms with Crippen molar-refractivity contribution >= 4 is 23.5 Å². The Morgan fingerprint density at radius 3 is 1.92 bits per heavy atom. The average Bonchev–Trinajstić information content (AvgIpc) is 3.85. The number of rotatable bonds is 18. The molecule has 2 aromatic carbocycles. The molecule has 2 fully saturated rings. The lowest BCUT2D eigenvalue weighted by Crippen LogP contribution is -2.58. The number of carbonyl (C=O) groups excluding carboxylic acids is 4. The summed E-state index contributed by atoms with van der Waals surface area (Å²) in [5, 5.41) is 12.5. The third-order valence-corrected chi connectivity index (χ3v) is 9.45. The number of methoxy groups -OCH3 is 1. The van der Waals surface area contributed by atoms with E-state index in [9.17, 15) is 24.7 Å². The number of ether oxygens (including phenoxy) is 2. The van der Waals surface area contributed by atoms with E-state index in [0.29, 0.717) is 19.4 Å². The van der Waals surface area contributed by atoms with E-state index < -0.39 is 47.5 Å². The third kappa shape index (κ3) is 11.4. The Hall–Kier alpha value is -4.25. The Morgan fingerprint density at radius 1 is 0.857 bits per heavy atom. The zero-order valence-corrected chi connectivity index (χ0v) is 29.0. The summed E-state index contributed by atoms with van der Waals surface area (Å²) < 4.78 is 10.9. The number of nitrogens with zero attached hydrogens (tertiary/aromatic N) is 3. The fourth-order valence-corrected chi connectivity index (χ4v) is 6.45. The van der Waals surface area contributed by atoms with Crippen LogP contribution in [0.1, 0.15) is 70.4 Å². The summed E-state index contributed by atoms with van der Waals surface area (Å²) in [6.07, 6.45) is 4.55. The van der Waals surface area contributed by atoms with Crippen LogP contribution in [0.5, 0.6) is 0 Å². The van der Waals surface area contributed by atoms with Gasteiger partial charge < -0.3 is 25.4 Å². The number of hydrogen-bond acceptors (Lipinski definition) is 7. The fourth-order valence-electron chi connectivity index (χ4n) is 6.45. The zero-order chi connectivity index (χ0) is 35.4. The predicted molar refractivity (Wildman–Crippen MR) is 185 cm³/mol. The van der Waals surface area contributed by atoms with Crippen LogP contribution in [0.4, 0.5) is 0 Å². The number of nitrogens with one attached hydrogen (secondary N) is 3. The summed E-state index contributed by atoms with van der Waals surface area (Å²) >= 11 is 0. The van der Waals surface area contributed by atoms with E-state index >= 15 is 0 Å². The Labute approximate surface area is 288 Å². The Morgan fingerprint density at radius 2 is 1.39 bits per heavy atom. The number of ketones is 1. The van der Waals surface area contributed by atoms with Gasteiger partial charge in [0.1, 0.15) is 23.7 Å². The maximum Gasteiger partial charge on any atom is 0.243 e. The normalized spacial score (nSPS) is 22.5. The highest BCUT2D eigenvalue weighted by atomic mass is 16.6. The van der Waals surface area contributed by atoms with Gasteiger partial charge in [-0.05, 0) is 80.4 Å². The van der Waals surface area contributed by atoms with Crippen LogP contribution in [0.15, 0.2) is 65.8 Å². The maximum atomic E-state index is 14.2. The van der Waals surface area contributed by atoms with Crippen molar-refractivity contribution in [1.82, 2.24) is 16.0 Å². The molecule has 2 aromatic rings. The van der Waals surface area contributed by atoms with Gasteiger partial charge >= 0.3 is 0 Å². The number of amides is 3. The van der Waals surface area contributed by atoms with Crippen LogP contribution in [0.2, 0.25) is 0 Å². The van der Waals surface area contributed by atoms with E-state index in [1.54, 1.807) is 14.0 Å². The topological polar surface area (TPSA) is 175 Å². The average molecular weight is 675 g/mol. The lowest BCUT2D eigenvalue weighted by molar-refractivity contribution is -0.134. The SMILES string of the molecule is COC1CCC(C[C@H](NC(=O)[C@H](Cc2ccccc2)N=[N+]=[N-])C(=O)N[C@@H](Cc2ccccc2)C(=O)N[C@@H](CC(C)C)C(=O)[C@@]2(C)CO2)CC1. The van der Waals surface area contributed by atoms with Crippen molar-refractivity contribution in [1.29, 1.82) is 0 Å². The second kappa shape index (κ2) is 17.9. The van der Waals surface area contributed by atoms with Gasteiger partial charge in [0.05, 0.1) is 18.8 Å². The standard InChI is InChI=1S/C37H50N6O6/c1-24(2)19-29(33(44)37(3)23-49-37)39-34(45)30(20-25-11-7-5-8-12-25)40-35(46)31(21-27-15-17-28(48-4)18-16-27)41-36(47)32(42-43-38)22-26-13-9-6-10-14-26/h5-14,24,27-32H,15-23H2,1-4H3,(H,39,45)(H,40,46)(H,41,47)/t27?,28?,29-,30-,31-,32-,37+/m0/s1. The number of hydrogen-bond donors (Lipinski definition) is 3. The van der Waals surface area contributed by atoms with E-state index in [0.717, 1.165) is 36.8 Å². The molecule has 5 atom stereocenters. The summed E-state index contributed by atoms with van der Waals surface area (Å²) in [5.41, 5.74) is 9.97. The Bertz CT molecular complexity index is 1450. The van der Waals surface area contributed by atoms with Gasteiger partial charge in [-0.3, -0.25) is 19.2 Å². The largest absolute Gasteiger partial charge is 0.381 e.